The van der Waals surface area contributed by atoms with E-state index in [1.165, 1.54) is 6.21 Å². The fourth-order valence-electron chi connectivity index (χ4n) is 1.86. The van der Waals surface area contributed by atoms with E-state index >= 15 is 0 Å². The second-order valence-corrected chi connectivity index (χ2v) is 6.64. The maximum atomic E-state index is 11.3. The average Bonchev–Trinajstić information content (AvgIpc) is 2.22. The molecule has 1 amide bonds. The van der Waals surface area contributed by atoms with E-state index < -0.39 is 15.5 Å². The van der Waals surface area contributed by atoms with Crippen LogP contribution in [0, 0.1) is 0 Å². The average molecular weight is 291 g/mol. The highest BCUT2D eigenvalue weighted by Crippen LogP contribution is 2.16. The summed E-state index contributed by atoms with van der Waals surface area (Å²) < 4.78 is 31.9. The Bertz CT molecular complexity index is 466. The molecule has 19 heavy (non-hydrogen) atoms. The molecule has 0 saturated carbocycles. The van der Waals surface area contributed by atoms with Gasteiger partial charge in [0.1, 0.15) is 0 Å². The Kier molecular flexibility index (Phi) is 6.54. The highest BCUT2D eigenvalue weighted by molar-refractivity contribution is 7.86. The molecule has 0 spiro atoms. The first-order chi connectivity index (χ1) is 8.52. The highest BCUT2D eigenvalue weighted by atomic mass is 32.2. The van der Waals surface area contributed by atoms with Crippen LogP contribution in [0.2, 0.25) is 0 Å². The van der Waals surface area contributed by atoms with E-state index in [0.717, 1.165) is 0 Å². The van der Waals surface area contributed by atoms with Gasteiger partial charge in [0, 0.05) is 24.6 Å². The van der Waals surface area contributed by atoms with Gasteiger partial charge >= 0.3 is 10.1 Å². The third-order valence-electron chi connectivity index (χ3n) is 2.88. The second kappa shape index (κ2) is 6.93. The summed E-state index contributed by atoms with van der Waals surface area (Å²) in [6.07, 6.45) is 2.21. The van der Waals surface area contributed by atoms with Gasteiger partial charge in [-0.2, -0.15) is 8.42 Å². The minimum atomic E-state index is -4.09. The van der Waals surface area contributed by atoms with Crippen molar-refractivity contribution in [1.82, 2.24) is 0 Å². The van der Waals surface area contributed by atoms with Gasteiger partial charge in [0.05, 0.1) is 20.6 Å². The zero-order chi connectivity index (χ0) is 15.3. The zero-order valence-corrected chi connectivity index (χ0v) is 12.8. The van der Waals surface area contributed by atoms with Crippen LogP contribution in [-0.2, 0) is 14.9 Å². The van der Waals surface area contributed by atoms with Gasteiger partial charge in [-0.15, -0.1) is 0 Å². The van der Waals surface area contributed by atoms with Gasteiger partial charge in [0.2, 0.25) is 5.37 Å². The van der Waals surface area contributed by atoms with Crippen LogP contribution in [0.4, 0.5) is 0 Å². The van der Waals surface area contributed by atoms with Gasteiger partial charge < -0.3 is 4.48 Å². The van der Waals surface area contributed by atoms with Crippen LogP contribution < -0.4 is 0 Å². The lowest BCUT2D eigenvalue weighted by molar-refractivity contribution is -0.901. The Morgan fingerprint density at radius 2 is 2.00 bits per heavy atom. The molecule has 0 saturated heterocycles. The van der Waals surface area contributed by atoms with Crippen LogP contribution in [0.5, 0.6) is 0 Å². The van der Waals surface area contributed by atoms with E-state index in [0.29, 0.717) is 25.0 Å². The Morgan fingerprint density at radius 3 is 2.37 bits per heavy atom. The smallest absolute Gasteiger partial charge is 0.311 e. The minimum Gasteiger partial charge on any atom is -0.311 e. The molecular weight excluding hydrogens is 268 g/mol. The van der Waals surface area contributed by atoms with Gasteiger partial charge in [0.25, 0.3) is 5.91 Å². The lowest BCUT2D eigenvalue weighted by Gasteiger charge is -2.35. The monoisotopic (exact) mass is 291 g/mol. The lowest BCUT2D eigenvalue weighted by Crippen LogP contribution is -2.52. The molecule has 6 nitrogen and oxygen atoms in total. The van der Waals surface area contributed by atoms with Crippen molar-refractivity contribution in [2.24, 2.45) is 4.99 Å². The molecule has 0 aliphatic heterocycles. The van der Waals surface area contributed by atoms with Crippen molar-refractivity contribution >= 4 is 22.2 Å². The predicted molar refractivity (Wildman–Crippen MR) is 75.5 cm³/mol. The summed E-state index contributed by atoms with van der Waals surface area (Å²) >= 11 is 0. The molecule has 0 rings (SSSR count). The molecule has 0 fully saturated rings. The standard InChI is InChI=1S/C12H22N2O4S/c1-6-11(19(16,17)18)14(4,5)9-7-8-13-12(15)10(2)3/h8,11H,2,6-7,9H2,1,3-5H3/p+1. The molecule has 0 aromatic rings. The summed E-state index contributed by atoms with van der Waals surface area (Å²) in [6, 6.07) is 0. The van der Waals surface area contributed by atoms with Crippen LogP contribution in [0.25, 0.3) is 0 Å². The Labute approximate surface area is 115 Å². The number of quaternary nitrogens is 1. The van der Waals surface area contributed by atoms with Crippen LogP contribution in [-0.4, -0.2) is 55.6 Å². The molecule has 0 heterocycles. The van der Waals surface area contributed by atoms with Gasteiger partial charge in [-0.05, 0) is 6.92 Å². The van der Waals surface area contributed by atoms with Crippen molar-refractivity contribution in [2.45, 2.75) is 32.1 Å². The molecule has 0 aromatic heterocycles. The molecule has 110 valence electrons. The topological polar surface area (TPSA) is 83.8 Å². The molecule has 1 unspecified atom stereocenters. The van der Waals surface area contributed by atoms with Crippen molar-refractivity contribution < 1.29 is 22.2 Å². The van der Waals surface area contributed by atoms with Crippen LogP contribution in [0.3, 0.4) is 0 Å². The van der Waals surface area contributed by atoms with E-state index in [2.05, 4.69) is 11.6 Å². The first kappa shape index (κ1) is 17.9. The first-order valence-corrected chi connectivity index (χ1v) is 7.54. The number of aliphatic imine (C=N–C) groups is 1. The van der Waals surface area contributed by atoms with Gasteiger partial charge in [-0.1, -0.05) is 13.5 Å². The molecule has 7 heteroatoms. The van der Waals surface area contributed by atoms with E-state index in [-0.39, 0.29) is 10.4 Å². The quantitative estimate of drug-likeness (QED) is 0.331. The van der Waals surface area contributed by atoms with E-state index in [1.807, 2.05) is 0 Å². The van der Waals surface area contributed by atoms with Crippen molar-refractivity contribution in [1.29, 1.82) is 0 Å². The zero-order valence-electron chi connectivity index (χ0n) is 12.0. The van der Waals surface area contributed by atoms with Gasteiger partial charge in [-0.3, -0.25) is 9.35 Å². The highest BCUT2D eigenvalue weighted by Gasteiger charge is 2.36. The van der Waals surface area contributed by atoms with Crippen molar-refractivity contribution in [2.75, 3.05) is 20.6 Å². The summed E-state index contributed by atoms with van der Waals surface area (Å²) in [5.74, 6) is -0.382. The lowest BCUT2D eigenvalue weighted by atomic mass is 10.3. The number of hydrogen-bond donors (Lipinski definition) is 1. The molecule has 0 aromatic carbocycles. The summed E-state index contributed by atoms with van der Waals surface area (Å²) in [4.78, 5) is 14.9. The maximum Gasteiger partial charge on any atom is 0.319 e. The van der Waals surface area contributed by atoms with E-state index in [1.54, 1.807) is 27.9 Å². The number of nitrogens with zero attached hydrogens (tertiary/aromatic N) is 2. The molecule has 0 radical (unpaired) electrons. The number of carbonyl (C=O) groups excluding carboxylic acids is 1. The summed E-state index contributed by atoms with van der Waals surface area (Å²) in [7, 11) is -0.656. The third-order valence-corrected chi connectivity index (χ3v) is 4.47. The molecule has 0 aliphatic carbocycles. The summed E-state index contributed by atoms with van der Waals surface area (Å²) in [5, 5.41) is -0.877. The van der Waals surface area contributed by atoms with Crippen molar-refractivity contribution in [3.05, 3.63) is 12.2 Å². The number of amides is 1. The Morgan fingerprint density at radius 1 is 1.47 bits per heavy atom. The fourth-order valence-corrected chi connectivity index (χ4v) is 3.11. The summed E-state index contributed by atoms with van der Waals surface area (Å²) in [5.41, 5.74) is 0.356. The van der Waals surface area contributed by atoms with Crippen LogP contribution >= 0.6 is 0 Å². The molecular formula is C12H23N2O4S+. The van der Waals surface area contributed by atoms with Crippen molar-refractivity contribution in [3.63, 3.8) is 0 Å². The summed E-state index contributed by atoms with van der Waals surface area (Å²) in [6.45, 7) is 7.21. The molecule has 1 N–H and O–H groups in total. The van der Waals surface area contributed by atoms with Crippen LogP contribution in [0.1, 0.15) is 26.7 Å². The Hall–Kier alpha value is -1.05. The molecule has 1 atom stereocenters. The van der Waals surface area contributed by atoms with E-state index in [9.17, 15) is 17.8 Å². The SMILES string of the molecule is C=C(C)C(=O)N=CCC[N+](C)(C)C(CC)S(=O)(=O)O. The van der Waals surface area contributed by atoms with Crippen molar-refractivity contribution in [3.8, 4) is 0 Å². The van der Waals surface area contributed by atoms with E-state index in [4.69, 9.17) is 0 Å². The molecule has 0 bridgehead atoms. The fraction of sp³-hybridized carbons (Fsp3) is 0.667. The normalized spacial score (nSPS) is 14.6. The Balaban J connectivity index is 4.63. The number of rotatable bonds is 7. The first-order valence-electron chi connectivity index (χ1n) is 6.03. The van der Waals surface area contributed by atoms with Gasteiger partial charge in [0.15, 0.2) is 0 Å². The third kappa shape index (κ3) is 6.09. The number of hydrogen-bond acceptors (Lipinski definition) is 3. The number of carbonyl (C=O) groups is 1. The van der Waals surface area contributed by atoms with Gasteiger partial charge in [-0.25, -0.2) is 4.99 Å². The minimum absolute atomic E-state index is 0.114. The largest absolute Gasteiger partial charge is 0.319 e. The van der Waals surface area contributed by atoms with Crippen LogP contribution in [0.15, 0.2) is 17.1 Å². The molecule has 0 aliphatic rings. The predicted octanol–water partition coefficient (Wildman–Crippen LogP) is 1.25. The maximum absolute atomic E-state index is 11.3. The second-order valence-electron chi connectivity index (χ2n) is 5.07.